The van der Waals surface area contributed by atoms with Gasteiger partial charge >= 0.3 is 5.97 Å². The Bertz CT molecular complexity index is 1510. The van der Waals surface area contributed by atoms with Crippen LogP contribution in [0, 0.1) is 0 Å². The van der Waals surface area contributed by atoms with Crippen LogP contribution in [0.5, 0.6) is 0 Å². The SMILES string of the molecule is COC(=O)c1ccc(C(O)(CN(C)c2ccccc2)c2nccn2-c2ccccc2-c2ccccc2)cc1. The quantitative estimate of drug-likeness (QED) is 0.275. The molecule has 6 nitrogen and oxygen atoms in total. The number of imidazole rings is 1. The fraction of sp³-hybridized carbons (Fsp3) is 0.125. The number of ether oxygens (including phenoxy) is 1. The molecule has 0 aliphatic heterocycles. The molecule has 38 heavy (non-hydrogen) atoms. The number of carbonyl (C=O) groups excluding carboxylic acids is 1. The van der Waals surface area contributed by atoms with Crippen molar-refractivity contribution >= 4 is 11.7 Å². The van der Waals surface area contributed by atoms with Crippen molar-refractivity contribution in [3.05, 3.63) is 139 Å². The van der Waals surface area contributed by atoms with Crippen molar-refractivity contribution in [3.63, 3.8) is 0 Å². The monoisotopic (exact) mass is 503 g/mol. The van der Waals surface area contributed by atoms with Crippen LogP contribution in [-0.4, -0.2) is 41.3 Å². The van der Waals surface area contributed by atoms with Gasteiger partial charge < -0.3 is 19.3 Å². The number of rotatable bonds is 8. The van der Waals surface area contributed by atoms with Gasteiger partial charge in [-0.25, -0.2) is 9.78 Å². The van der Waals surface area contributed by atoms with Gasteiger partial charge in [-0.05, 0) is 41.5 Å². The van der Waals surface area contributed by atoms with Crippen LogP contribution in [-0.2, 0) is 10.3 Å². The molecule has 0 fully saturated rings. The number of anilines is 1. The summed E-state index contributed by atoms with van der Waals surface area (Å²) in [6, 6.07) is 34.9. The fourth-order valence-electron chi connectivity index (χ4n) is 4.76. The van der Waals surface area contributed by atoms with Gasteiger partial charge in [-0.1, -0.05) is 78.9 Å². The maximum absolute atomic E-state index is 12.5. The van der Waals surface area contributed by atoms with E-state index in [1.807, 2.05) is 89.4 Å². The first kappa shape index (κ1) is 25.0. The molecule has 0 radical (unpaired) electrons. The largest absolute Gasteiger partial charge is 0.465 e. The summed E-state index contributed by atoms with van der Waals surface area (Å²) in [5, 5.41) is 12.5. The summed E-state index contributed by atoms with van der Waals surface area (Å²) < 4.78 is 6.80. The molecule has 1 aromatic heterocycles. The zero-order valence-corrected chi connectivity index (χ0v) is 21.4. The highest BCUT2D eigenvalue weighted by molar-refractivity contribution is 5.89. The van der Waals surface area contributed by atoms with E-state index in [9.17, 15) is 9.90 Å². The number of para-hydroxylation sites is 2. The van der Waals surface area contributed by atoms with Crippen molar-refractivity contribution in [2.24, 2.45) is 0 Å². The molecular formula is C32H29N3O3. The normalized spacial score (nSPS) is 12.5. The Morgan fingerprint density at radius 2 is 1.53 bits per heavy atom. The summed E-state index contributed by atoms with van der Waals surface area (Å²) in [5.74, 6) is 0.0364. The Labute approximate surface area is 222 Å². The van der Waals surface area contributed by atoms with E-state index in [4.69, 9.17) is 9.72 Å². The molecule has 1 unspecified atom stereocenters. The number of likely N-dealkylation sites (N-methyl/N-ethyl adjacent to an activating group) is 1. The highest BCUT2D eigenvalue weighted by atomic mass is 16.5. The third kappa shape index (κ3) is 4.82. The minimum atomic E-state index is -1.52. The van der Waals surface area contributed by atoms with E-state index in [1.165, 1.54) is 7.11 Å². The molecule has 4 aromatic carbocycles. The van der Waals surface area contributed by atoms with Gasteiger partial charge in [0.2, 0.25) is 0 Å². The summed E-state index contributed by atoms with van der Waals surface area (Å²) in [5.41, 5.74) is 3.44. The lowest BCUT2D eigenvalue weighted by molar-refractivity contribution is 0.0599. The standard InChI is InChI=1S/C32H29N3O3/c1-34(27-13-7-4-8-14-27)23-32(37,26-19-17-25(18-20-26)30(36)38-2)31-33-21-22-35(31)29-16-10-9-15-28(29)24-11-5-3-6-12-24/h3-22,37H,23H2,1-2H3. The third-order valence-electron chi connectivity index (χ3n) is 6.71. The molecule has 0 bridgehead atoms. The molecule has 6 heteroatoms. The van der Waals surface area contributed by atoms with Crippen LogP contribution in [0.3, 0.4) is 0 Å². The molecule has 5 rings (SSSR count). The van der Waals surface area contributed by atoms with E-state index in [-0.39, 0.29) is 6.54 Å². The van der Waals surface area contributed by atoms with Crippen molar-refractivity contribution in [2.75, 3.05) is 25.6 Å². The number of nitrogens with zero attached hydrogens (tertiary/aromatic N) is 3. The first-order valence-corrected chi connectivity index (χ1v) is 12.4. The van der Waals surface area contributed by atoms with Crippen LogP contribution in [0.1, 0.15) is 21.7 Å². The summed E-state index contributed by atoms with van der Waals surface area (Å²) in [6.07, 6.45) is 3.57. The van der Waals surface area contributed by atoms with Crippen LogP contribution in [0.25, 0.3) is 16.8 Å². The van der Waals surface area contributed by atoms with Crippen LogP contribution in [0.15, 0.2) is 122 Å². The number of carbonyl (C=O) groups is 1. The number of aliphatic hydroxyl groups is 1. The second kappa shape index (κ2) is 10.7. The van der Waals surface area contributed by atoms with Gasteiger partial charge in [0.15, 0.2) is 11.4 Å². The highest BCUT2D eigenvalue weighted by Crippen LogP contribution is 2.35. The average molecular weight is 504 g/mol. The number of methoxy groups -OCH3 is 1. The Morgan fingerprint density at radius 1 is 0.895 bits per heavy atom. The van der Waals surface area contributed by atoms with E-state index in [0.717, 1.165) is 22.5 Å². The van der Waals surface area contributed by atoms with Crippen molar-refractivity contribution < 1.29 is 14.6 Å². The third-order valence-corrected chi connectivity index (χ3v) is 6.71. The second-order valence-electron chi connectivity index (χ2n) is 9.12. The van der Waals surface area contributed by atoms with Gasteiger partial charge in [0, 0.05) is 30.7 Å². The van der Waals surface area contributed by atoms with Crippen LogP contribution in [0.2, 0.25) is 0 Å². The first-order valence-electron chi connectivity index (χ1n) is 12.4. The number of hydrogen-bond donors (Lipinski definition) is 1. The van der Waals surface area contributed by atoms with E-state index >= 15 is 0 Å². The maximum Gasteiger partial charge on any atom is 0.337 e. The molecular weight excluding hydrogens is 474 g/mol. The Morgan fingerprint density at radius 3 is 2.21 bits per heavy atom. The van der Waals surface area contributed by atoms with Crippen molar-refractivity contribution in [1.82, 2.24) is 9.55 Å². The molecule has 0 spiro atoms. The summed E-state index contributed by atoms with van der Waals surface area (Å²) in [4.78, 5) is 18.8. The van der Waals surface area contributed by atoms with Gasteiger partial charge in [0.1, 0.15) is 0 Å². The molecule has 0 saturated heterocycles. The van der Waals surface area contributed by atoms with Crippen molar-refractivity contribution in [1.29, 1.82) is 0 Å². The lowest BCUT2D eigenvalue weighted by Gasteiger charge is -2.34. The summed E-state index contributed by atoms with van der Waals surface area (Å²) in [7, 11) is 3.29. The van der Waals surface area contributed by atoms with Crippen LogP contribution < -0.4 is 4.90 Å². The van der Waals surface area contributed by atoms with E-state index in [0.29, 0.717) is 17.0 Å². The molecule has 190 valence electrons. The Kier molecular flexibility index (Phi) is 7.07. The topological polar surface area (TPSA) is 67.6 Å². The minimum absolute atomic E-state index is 0.221. The van der Waals surface area contributed by atoms with Gasteiger partial charge in [-0.2, -0.15) is 0 Å². The zero-order chi connectivity index (χ0) is 26.5. The molecule has 1 N–H and O–H groups in total. The number of aromatic nitrogens is 2. The molecule has 1 atom stereocenters. The van der Waals surface area contributed by atoms with Gasteiger partial charge in [-0.3, -0.25) is 0 Å². The van der Waals surface area contributed by atoms with Gasteiger partial charge in [-0.15, -0.1) is 0 Å². The molecule has 5 aromatic rings. The molecule has 1 heterocycles. The van der Waals surface area contributed by atoms with Gasteiger partial charge in [0.05, 0.1) is 24.9 Å². The van der Waals surface area contributed by atoms with E-state index in [1.54, 1.807) is 30.5 Å². The lowest BCUT2D eigenvalue weighted by Crippen LogP contribution is -2.42. The molecule has 0 aliphatic carbocycles. The molecule has 0 saturated carbocycles. The fourth-order valence-corrected chi connectivity index (χ4v) is 4.76. The highest BCUT2D eigenvalue weighted by Gasteiger charge is 2.38. The number of hydrogen-bond acceptors (Lipinski definition) is 5. The maximum atomic E-state index is 12.5. The minimum Gasteiger partial charge on any atom is -0.465 e. The van der Waals surface area contributed by atoms with E-state index in [2.05, 4.69) is 18.2 Å². The van der Waals surface area contributed by atoms with Crippen molar-refractivity contribution in [3.8, 4) is 16.8 Å². The zero-order valence-electron chi connectivity index (χ0n) is 21.4. The number of esters is 1. The predicted molar refractivity (Wildman–Crippen MR) is 149 cm³/mol. The summed E-state index contributed by atoms with van der Waals surface area (Å²) >= 11 is 0. The van der Waals surface area contributed by atoms with Gasteiger partial charge in [0.25, 0.3) is 0 Å². The lowest BCUT2D eigenvalue weighted by atomic mass is 9.90. The Balaban J connectivity index is 1.65. The number of benzene rings is 4. The smallest absolute Gasteiger partial charge is 0.337 e. The van der Waals surface area contributed by atoms with Crippen LogP contribution >= 0.6 is 0 Å². The second-order valence-corrected chi connectivity index (χ2v) is 9.12. The summed E-state index contributed by atoms with van der Waals surface area (Å²) in [6.45, 7) is 0.221. The first-order chi connectivity index (χ1) is 18.5. The van der Waals surface area contributed by atoms with Crippen LogP contribution in [0.4, 0.5) is 5.69 Å². The van der Waals surface area contributed by atoms with Crippen molar-refractivity contribution in [2.45, 2.75) is 5.60 Å². The Hall–Kier alpha value is -4.68. The molecule has 0 aliphatic rings. The molecule has 0 amide bonds. The average Bonchev–Trinajstić information content (AvgIpc) is 3.48. The van der Waals surface area contributed by atoms with E-state index < -0.39 is 11.6 Å². The predicted octanol–water partition coefficient (Wildman–Crippen LogP) is 5.70.